The van der Waals surface area contributed by atoms with Gasteiger partial charge in [-0.15, -0.1) is 0 Å². The number of hydrogen-bond acceptors (Lipinski definition) is 4. The van der Waals surface area contributed by atoms with E-state index in [-0.39, 0.29) is 11.9 Å². The molecule has 0 aliphatic carbocycles. The van der Waals surface area contributed by atoms with E-state index in [2.05, 4.69) is 15.5 Å². The predicted molar refractivity (Wildman–Crippen MR) is 122 cm³/mol. The number of aliphatic imine (C=N–C) groups is 1. The molecule has 2 aromatic rings. The van der Waals surface area contributed by atoms with Crippen LogP contribution >= 0.6 is 0 Å². The number of nitrogens with zero attached hydrogens (tertiary/aromatic N) is 2. The standard InChI is InChI=1S/C24H33FN4O2/c1-4-26-24(27-15-19-13-17(2)23(30)18(3)14-19)28-16-22(29-9-11-31-12-10-29)20-5-7-21(25)8-6-20/h5-8,13-14,22,30H,4,9-12,15-16H2,1-3H3,(H2,26,27,28). The van der Waals surface area contributed by atoms with Gasteiger partial charge >= 0.3 is 0 Å². The highest BCUT2D eigenvalue weighted by Crippen LogP contribution is 2.24. The molecule has 1 heterocycles. The number of phenols is 1. The van der Waals surface area contributed by atoms with Gasteiger partial charge in [-0.3, -0.25) is 4.90 Å². The number of halogens is 1. The van der Waals surface area contributed by atoms with Crippen LogP contribution in [0.1, 0.15) is 35.2 Å². The van der Waals surface area contributed by atoms with Crippen LogP contribution in [0, 0.1) is 19.7 Å². The molecule has 0 amide bonds. The lowest BCUT2D eigenvalue weighted by Gasteiger charge is -2.35. The van der Waals surface area contributed by atoms with Crippen LogP contribution in [0.25, 0.3) is 0 Å². The summed E-state index contributed by atoms with van der Waals surface area (Å²) >= 11 is 0. The van der Waals surface area contributed by atoms with Gasteiger partial charge in [0.05, 0.1) is 25.8 Å². The maximum Gasteiger partial charge on any atom is 0.191 e. The fourth-order valence-electron chi connectivity index (χ4n) is 3.87. The number of guanidine groups is 1. The molecule has 31 heavy (non-hydrogen) atoms. The number of rotatable bonds is 7. The van der Waals surface area contributed by atoms with Gasteiger partial charge in [0, 0.05) is 26.2 Å². The molecular weight excluding hydrogens is 395 g/mol. The zero-order valence-electron chi connectivity index (χ0n) is 18.6. The van der Waals surface area contributed by atoms with Crippen molar-refractivity contribution in [2.75, 3.05) is 39.4 Å². The van der Waals surface area contributed by atoms with E-state index in [1.807, 2.05) is 45.0 Å². The molecule has 1 atom stereocenters. The third-order valence-electron chi connectivity index (χ3n) is 5.52. The fourth-order valence-corrected chi connectivity index (χ4v) is 3.87. The average Bonchev–Trinajstić information content (AvgIpc) is 2.77. The van der Waals surface area contributed by atoms with Crippen molar-refractivity contribution < 1.29 is 14.2 Å². The summed E-state index contributed by atoms with van der Waals surface area (Å²) in [5.74, 6) is 0.837. The molecule has 1 fully saturated rings. The largest absolute Gasteiger partial charge is 0.507 e. The van der Waals surface area contributed by atoms with Crippen LogP contribution in [0.3, 0.4) is 0 Å². The number of morpholine rings is 1. The van der Waals surface area contributed by atoms with Gasteiger partial charge in [0.1, 0.15) is 11.6 Å². The quantitative estimate of drug-likeness (QED) is 0.467. The van der Waals surface area contributed by atoms with Crippen molar-refractivity contribution >= 4 is 5.96 Å². The maximum atomic E-state index is 13.5. The van der Waals surface area contributed by atoms with Crippen LogP contribution in [0.2, 0.25) is 0 Å². The lowest BCUT2D eigenvalue weighted by molar-refractivity contribution is 0.0170. The van der Waals surface area contributed by atoms with Crippen LogP contribution in [0.4, 0.5) is 4.39 Å². The Morgan fingerprint density at radius 1 is 1.13 bits per heavy atom. The minimum absolute atomic E-state index is 0.0894. The highest BCUT2D eigenvalue weighted by molar-refractivity contribution is 5.79. The summed E-state index contributed by atoms with van der Waals surface area (Å²) in [7, 11) is 0. The molecule has 7 heteroatoms. The minimum atomic E-state index is -0.230. The van der Waals surface area contributed by atoms with E-state index >= 15 is 0 Å². The zero-order chi connectivity index (χ0) is 22.2. The molecule has 0 aromatic heterocycles. The number of phenolic OH excluding ortho intramolecular Hbond substituents is 1. The normalized spacial score (nSPS) is 16.2. The SMILES string of the molecule is CCNC(=NCc1cc(C)c(O)c(C)c1)NCC(c1ccc(F)cc1)N1CCOCC1. The van der Waals surface area contributed by atoms with Gasteiger partial charge in [-0.05, 0) is 55.2 Å². The first-order valence-electron chi connectivity index (χ1n) is 10.9. The summed E-state index contributed by atoms with van der Waals surface area (Å²) in [6.45, 7) is 10.8. The Balaban J connectivity index is 1.73. The van der Waals surface area contributed by atoms with Crippen LogP contribution in [0.15, 0.2) is 41.4 Å². The Labute approximate surface area is 184 Å². The second-order valence-corrected chi connectivity index (χ2v) is 7.87. The van der Waals surface area contributed by atoms with E-state index < -0.39 is 0 Å². The molecule has 1 unspecified atom stereocenters. The van der Waals surface area contributed by atoms with E-state index in [4.69, 9.17) is 9.73 Å². The summed E-state index contributed by atoms with van der Waals surface area (Å²) in [4.78, 5) is 7.09. The molecule has 168 valence electrons. The number of hydrogen-bond donors (Lipinski definition) is 3. The van der Waals surface area contributed by atoms with Gasteiger partial charge in [-0.2, -0.15) is 0 Å². The van der Waals surface area contributed by atoms with Crippen molar-refractivity contribution in [2.24, 2.45) is 4.99 Å². The van der Waals surface area contributed by atoms with E-state index in [0.717, 1.165) is 47.8 Å². The molecule has 1 aliphatic heterocycles. The molecule has 0 saturated carbocycles. The predicted octanol–water partition coefficient (Wildman–Crippen LogP) is 3.28. The van der Waals surface area contributed by atoms with E-state index in [1.165, 1.54) is 12.1 Å². The van der Waals surface area contributed by atoms with Crippen molar-refractivity contribution in [3.63, 3.8) is 0 Å². The first kappa shape index (κ1) is 23.0. The molecule has 2 aromatic carbocycles. The zero-order valence-corrected chi connectivity index (χ0v) is 18.6. The van der Waals surface area contributed by atoms with Gasteiger partial charge in [-0.25, -0.2) is 9.38 Å². The minimum Gasteiger partial charge on any atom is -0.507 e. The average molecular weight is 429 g/mol. The summed E-state index contributed by atoms with van der Waals surface area (Å²) in [6, 6.07) is 10.7. The third kappa shape index (κ3) is 6.42. The number of aryl methyl sites for hydroxylation is 2. The Bertz CT molecular complexity index is 857. The maximum absolute atomic E-state index is 13.5. The first-order chi connectivity index (χ1) is 15.0. The molecule has 6 nitrogen and oxygen atoms in total. The van der Waals surface area contributed by atoms with Crippen LogP contribution in [-0.2, 0) is 11.3 Å². The van der Waals surface area contributed by atoms with Crippen molar-refractivity contribution in [1.82, 2.24) is 15.5 Å². The Morgan fingerprint density at radius 3 is 2.39 bits per heavy atom. The van der Waals surface area contributed by atoms with E-state index in [1.54, 1.807) is 0 Å². The highest BCUT2D eigenvalue weighted by atomic mass is 19.1. The molecule has 3 N–H and O–H groups in total. The molecule has 3 rings (SSSR count). The number of benzene rings is 2. The first-order valence-corrected chi connectivity index (χ1v) is 10.9. The third-order valence-corrected chi connectivity index (χ3v) is 5.52. The lowest BCUT2D eigenvalue weighted by atomic mass is 10.0. The topological polar surface area (TPSA) is 69.1 Å². The summed E-state index contributed by atoms with van der Waals surface area (Å²) in [5, 5.41) is 16.7. The molecule has 1 aliphatic rings. The van der Waals surface area contributed by atoms with Gasteiger partial charge in [0.2, 0.25) is 0 Å². The summed E-state index contributed by atoms with van der Waals surface area (Å²) < 4.78 is 19.0. The smallest absolute Gasteiger partial charge is 0.191 e. The number of aromatic hydroxyl groups is 1. The highest BCUT2D eigenvalue weighted by Gasteiger charge is 2.23. The van der Waals surface area contributed by atoms with E-state index in [9.17, 15) is 9.50 Å². The summed E-state index contributed by atoms with van der Waals surface area (Å²) in [6.07, 6.45) is 0. The van der Waals surface area contributed by atoms with Gasteiger partial charge in [0.25, 0.3) is 0 Å². The summed E-state index contributed by atoms with van der Waals surface area (Å²) in [5.41, 5.74) is 3.82. The monoisotopic (exact) mass is 428 g/mol. The van der Waals surface area contributed by atoms with Crippen molar-refractivity contribution in [3.05, 3.63) is 64.5 Å². The van der Waals surface area contributed by atoms with Crippen molar-refractivity contribution in [1.29, 1.82) is 0 Å². The number of ether oxygens (including phenoxy) is 1. The lowest BCUT2D eigenvalue weighted by Crippen LogP contribution is -2.46. The van der Waals surface area contributed by atoms with Crippen molar-refractivity contribution in [3.8, 4) is 5.75 Å². The Hall–Kier alpha value is -2.64. The fraction of sp³-hybridized carbons (Fsp3) is 0.458. The molecular formula is C24H33FN4O2. The Kier molecular flexibility index (Phi) is 8.26. The molecule has 0 spiro atoms. The molecule has 0 bridgehead atoms. The number of nitrogens with one attached hydrogen (secondary N) is 2. The van der Waals surface area contributed by atoms with Gasteiger partial charge < -0.3 is 20.5 Å². The van der Waals surface area contributed by atoms with Crippen LogP contribution in [0.5, 0.6) is 5.75 Å². The van der Waals surface area contributed by atoms with E-state index in [0.29, 0.717) is 32.1 Å². The second-order valence-electron chi connectivity index (χ2n) is 7.87. The Morgan fingerprint density at radius 2 is 1.77 bits per heavy atom. The second kappa shape index (κ2) is 11.1. The van der Waals surface area contributed by atoms with Gasteiger partial charge in [0.15, 0.2) is 5.96 Å². The van der Waals surface area contributed by atoms with Crippen LogP contribution in [-0.4, -0.2) is 55.4 Å². The molecule has 0 radical (unpaired) electrons. The van der Waals surface area contributed by atoms with Crippen LogP contribution < -0.4 is 10.6 Å². The van der Waals surface area contributed by atoms with Crippen molar-refractivity contribution in [2.45, 2.75) is 33.4 Å². The van der Waals surface area contributed by atoms with Gasteiger partial charge in [-0.1, -0.05) is 24.3 Å². The molecule has 1 saturated heterocycles.